The predicted octanol–water partition coefficient (Wildman–Crippen LogP) is 1.98. The summed E-state index contributed by atoms with van der Waals surface area (Å²) in [5, 5.41) is 10.3. The number of hydrogen-bond acceptors (Lipinski definition) is 6. The van der Waals surface area contributed by atoms with Crippen LogP contribution in [0.3, 0.4) is 0 Å². The Hall–Kier alpha value is -2.18. The van der Waals surface area contributed by atoms with Gasteiger partial charge < -0.3 is 14.6 Å². The molecule has 2 aromatic rings. The van der Waals surface area contributed by atoms with Crippen molar-refractivity contribution in [3.05, 3.63) is 47.4 Å². The van der Waals surface area contributed by atoms with E-state index in [1.165, 1.54) is 0 Å². The van der Waals surface area contributed by atoms with Crippen LogP contribution in [0.1, 0.15) is 23.7 Å². The number of ether oxygens (including phenoxy) is 2. The van der Waals surface area contributed by atoms with Crippen molar-refractivity contribution < 1.29 is 14.6 Å². The normalized spacial score (nSPS) is 15.5. The summed E-state index contributed by atoms with van der Waals surface area (Å²) >= 11 is 0. The van der Waals surface area contributed by atoms with Crippen LogP contribution in [0.2, 0.25) is 0 Å². The lowest BCUT2D eigenvalue weighted by molar-refractivity contribution is 0.0627. The highest BCUT2D eigenvalue weighted by Gasteiger charge is 2.23. The molecule has 1 N–H and O–H groups in total. The zero-order valence-electron chi connectivity index (χ0n) is 14.8. The van der Waals surface area contributed by atoms with Crippen LogP contribution in [0.5, 0.6) is 11.6 Å². The molecular formula is C19H25N3O3. The summed E-state index contributed by atoms with van der Waals surface area (Å²) in [5.41, 5.74) is 3.14. The summed E-state index contributed by atoms with van der Waals surface area (Å²) < 4.78 is 11.4. The van der Waals surface area contributed by atoms with Gasteiger partial charge in [-0.25, -0.2) is 9.97 Å². The number of benzene rings is 1. The van der Waals surface area contributed by atoms with Crippen LogP contribution in [-0.2, 0) is 13.0 Å². The van der Waals surface area contributed by atoms with Crippen LogP contribution >= 0.6 is 0 Å². The molecule has 1 aliphatic rings. The van der Waals surface area contributed by atoms with Gasteiger partial charge in [0.15, 0.2) is 0 Å². The Balaban J connectivity index is 1.56. The molecule has 0 spiro atoms. The molecule has 0 saturated carbocycles. The fraction of sp³-hybridized carbons (Fsp3) is 0.474. The third-order valence-electron chi connectivity index (χ3n) is 4.32. The fourth-order valence-corrected chi connectivity index (χ4v) is 3.04. The van der Waals surface area contributed by atoms with E-state index in [0.29, 0.717) is 25.6 Å². The van der Waals surface area contributed by atoms with Crippen molar-refractivity contribution in [3.8, 4) is 11.6 Å². The van der Waals surface area contributed by atoms with E-state index < -0.39 is 6.10 Å². The Bertz CT molecular complexity index is 708. The maximum absolute atomic E-state index is 10.3. The number of β-amino-alcohol motifs (C(OH)–C–C–N with tert-alkyl or cyclic N) is 1. The number of fused-ring (bicyclic) bond motifs is 1. The highest BCUT2D eigenvalue weighted by Crippen LogP contribution is 2.24. The summed E-state index contributed by atoms with van der Waals surface area (Å²) in [4.78, 5) is 10.8. The van der Waals surface area contributed by atoms with E-state index in [9.17, 15) is 5.11 Å². The van der Waals surface area contributed by atoms with Crippen molar-refractivity contribution >= 4 is 0 Å². The van der Waals surface area contributed by atoms with E-state index >= 15 is 0 Å². The molecule has 1 aliphatic heterocycles. The van der Waals surface area contributed by atoms with E-state index in [-0.39, 0.29) is 6.61 Å². The smallest absolute Gasteiger partial charge is 0.221 e. The monoisotopic (exact) mass is 343 g/mol. The van der Waals surface area contributed by atoms with Crippen LogP contribution in [0.4, 0.5) is 0 Å². The molecule has 6 heteroatoms. The van der Waals surface area contributed by atoms with Crippen LogP contribution < -0.4 is 9.47 Å². The van der Waals surface area contributed by atoms with Crippen molar-refractivity contribution in [2.75, 3.05) is 26.3 Å². The van der Waals surface area contributed by atoms with Gasteiger partial charge in [-0.15, -0.1) is 0 Å². The second kappa shape index (κ2) is 8.27. The van der Waals surface area contributed by atoms with E-state index in [0.717, 1.165) is 35.5 Å². The summed E-state index contributed by atoms with van der Waals surface area (Å²) in [7, 11) is 0. The van der Waals surface area contributed by atoms with Crippen LogP contribution in [0, 0.1) is 6.92 Å². The minimum Gasteiger partial charge on any atom is -0.491 e. The average molecular weight is 343 g/mol. The molecule has 1 atom stereocenters. The van der Waals surface area contributed by atoms with Crippen LogP contribution in [0.15, 0.2) is 30.6 Å². The molecule has 25 heavy (non-hydrogen) atoms. The fourth-order valence-electron chi connectivity index (χ4n) is 3.04. The molecule has 3 rings (SSSR count). The van der Waals surface area contributed by atoms with Gasteiger partial charge in [0, 0.05) is 31.6 Å². The van der Waals surface area contributed by atoms with E-state index in [4.69, 9.17) is 9.47 Å². The SMILES string of the molecule is CCOc1ncnc2c1CN(CC(O)COc1ccccc1C)CC2. The maximum atomic E-state index is 10.3. The summed E-state index contributed by atoms with van der Waals surface area (Å²) in [6, 6.07) is 7.83. The quantitative estimate of drug-likeness (QED) is 0.829. The first-order valence-electron chi connectivity index (χ1n) is 8.71. The number of aryl methyl sites for hydroxylation is 1. The predicted molar refractivity (Wildman–Crippen MR) is 94.9 cm³/mol. The molecule has 0 radical (unpaired) electrons. The first kappa shape index (κ1) is 17.6. The molecule has 0 bridgehead atoms. The van der Waals surface area contributed by atoms with Gasteiger partial charge in [-0.2, -0.15) is 0 Å². The highest BCUT2D eigenvalue weighted by molar-refractivity contribution is 5.32. The van der Waals surface area contributed by atoms with Gasteiger partial charge in [0.25, 0.3) is 0 Å². The number of hydrogen-bond donors (Lipinski definition) is 1. The molecule has 1 unspecified atom stereocenters. The Morgan fingerprint density at radius 1 is 1.24 bits per heavy atom. The zero-order chi connectivity index (χ0) is 17.6. The van der Waals surface area contributed by atoms with Gasteiger partial charge >= 0.3 is 0 Å². The number of nitrogens with zero attached hydrogens (tertiary/aromatic N) is 3. The highest BCUT2D eigenvalue weighted by atomic mass is 16.5. The van der Waals surface area contributed by atoms with Crippen molar-refractivity contribution in [3.63, 3.8) is 0 Å². The average Bonchev–Trinajstić information content (AvgIpc) is 2.62. The van der Waals surface area contributed by atoms with Crippen molar-refractivity contribution in [2.24, 2.45) is 0 Å². The van der Waals surface area contributed by atoms with Gasteiger partial charge in [0.1, 0.15) is 24.8 Å². The molecule has 2 heterocycles. The second-order valence-corrected chi connectivity index (χ2v) is 6.25. The summed E-state index contributed by atoms with van der Waals surface area (Å²) in [6.07, 6.45) is 1.84. The Kier molecular flexibility index (Phi) is 5.83. The lowest BCUT2D eigenvalue weighted by Crippen LogP contribution is -2.39. The van der Waals surface area contributed by atoms with Gasteiger partial charge in [0.2, 0.25) is 5.88 Å². The lowest BCUT2D eigenvalue weighted by atomic mass is 10.1. The van der Waals surface area contributed by atoms with E-state index in [1.54, 1.807) is 6.33 Å². The minimum atomic E-state index is -0.554. The molecule has 134 valence electrons. The van der Waals surface area contributed by atoms with Gasteiger partial charge in [-0.1, -0.05) is 18.2 Å². The van der Waals surface area contributed by atoms with Crippen LogP contribution in [-0.4, -0.2) is 52.4 Å². The summed E-state index contributed by atoms with van der Waals surface area (Å²) in [6.45, 7) is 6.89. The largest absolute Gasteiger partial charge is 0.491 e. The van der Waals surface area contributed by atoms with E-state index in [2.05, 4.69) is 14.9 Å². The maximum Gasteiger partial charge on any atom is 0.221 e. The van der Waals surface area contributed by atoms with Gasteiger partial charge in [0.05, 0.1) is 12.3 Å². The van der Waals surface area contributed by atoms with Gasteiger partial charge in [-0.3, -0.25) is 4.90 Å². The first-order chi connectivity index (χ1) is 12.2. The third-order valence-corrected chi connectivity index (χ3v) is 4.32. The first-order valence-corrected chi connectivity index (χ1v) is 8.71. The Labute approximate surface area is 148 Å². The topological polar surface area (TPSA) is 67.7 Å². The van der Waals surface area contributed by atoms with Crippen molar-refractivity contribution in [2.45, 2.75) is 32.9 Å². The zero-order valence-corrected chi connectivity index (χ0v) is 14.8. The van der Waals surface area contributed by atoms with E-state index in [1.807, 2.05) is 38.1 Å². The molecule has 0 aliphatic carbocycles. The van der Waals surface area contributed by atoms with Gasteiger partial charge in [-0.05, 0) is 25.5 Å². The third kappa shape index (κ3) is 4.46. The molecule has 0 saturated heterocycles. The minimum absolute atomic E-state index is 0.276. The number of aliphatic hydroxyl groups is 1. The second-order valence-electron chi connectivity index (χ2n) is 6.25. The summed E-state index contributed by atoms with van der Waals surface area (Å²) in [5.74, 6) is 1.47. The number of rotatable bonds is 7. The molecule has 0 amide bonds. The lowest BCUT2D eigenvalue weighted by Gasteiger charge is -2.30. The van der Waals surface area contributed by atoms with Crippen molar-refractivity contribution in [1.82, 2.24) is 14.9 Å². The standard InChI is InChI=1S/C19H25N3O3/c1-3-24-19-16-11-22(9-8-17(16)20-13-21-19)10-15(23)12-25-18-7-5-4-6-14(18)2/h4-7,13,15,23H,3,8-12H2,1-2H3. The van der Waals surface area contributed by atoms with Crippen molar-refractivity contribution in [1.29, 1.82) is 0 Å². The number of aromatic nitrogens is 2. The number of aliphatic hydroxyl groups excluding tert-OH is 1. The molecule has 0 fully saturated rings. The molecule has 1 aromatic carbocycles. The Morgan fingerprint density at radius 3 is 2.88 bits per heavy atom. The Morgan fingerprint density at radius 2 is 2.08 bits per heavy atom. The molecule has 1 aromatic heterocycles. The molecule has 6 nitrogen and oxygen atoms in total. The van der Waals surface area contributed by atoms with Crippen LogP contribution in [0.25, 0.3) is 0 Å². The molecular weight excluding hydrogens is 318 g/mol. The number of para-hydroxylation sites is 1.